The molecule has 0 aromatic carbocycles. The van der Waals surface area contributed by atoms with Crippen LogP contribution in [-0.4, -0.2) is 53.4 Å². The molecule has 1 aliphatic heterocycles. The van der Waals surface area contributed by atoms with Crippen molar-refractivity contribution in [3.8, 4) is 0 Å². The maximum absolute atomic E-state index is 12.3. The molecule has 6 heteroatoms. The van der Waals surface area contributed by atoms with Crippen molar-refractivity contribution >= 4 is 29.5 Å². The number of aryl methyl sites for hydroxylation is 1. The smallest absolute Gasteiger partial charge is 0.227 e. The Labute approximate surface area is 123 Å². The van der Waals surface area contributed by atoms with Crippen molar-refractivity contribution in [2.24, 2.45) is 0 Å². The van der Waals surface area contributed by atoms with E-state index in [1.54, 1.807) is 0 Å². The van der Waals surface area contributed by atoms with Crippen LogP contribution in [0.1, 0.15) is 23.9 Å². The quantitative estimate of drug-likeness (QED) is 0.867. The van der Waals surface area contributed by atoms with Gasteiger partial charge in [-0.05, 0) is 32.1 Å². The Balaban J connectivity index is 1.88. The molecule has 0 bridgehead atoms. The third-order valence-electron chi connectivity index (χ3n) is 3.50. The number of amides is 1. The SMILES string of the molecule is CCCN1CCN(C(=O)Cc2sc(=S)[nH]c2C)CC1. The Morgan fingerprint density at radius 1 is 1.37 bits per heavy atom. The van der Waals surface area contributed by atoms with E-state index in [1.807, 2.05) is 11.8 Å². The highest BCUT2D eigenvalue weighted by molar-refractivity contribution is 7.73. The molecule has 0 atom stereocenters. The van der Waals surface area contributed by atoms with E-state index < -0.39 is 0 Å². The Hall–Kier alpha value is -0.720. The minimum atomic E-state index is 0.226. The molecule has 1 aromatic rings. The van der Waals surface area contributed by atoms with Crippen molar-refractivity contribution in [2.75, 3.05) is 32.7 Å². The number of rotatable bonds is 4. The summed E-state index contributed by atoms with van der Waals surface area (Å²) in [5.74, 6) is 0.226. The zero-order chi connectivity index (χ0) is 13.8. The monoisotopic (exact) mass is 299 g/mol. The van der Waals surface area contributed by atoms with E-state index in [2.05, 4.69) is 16.8 Å². The van der Waals surface area contributed by atoms with E-state index >= 15 is 0 Å². The maximum atomic E-state index is 12.3. The fourth-order valence-corrected chi connectivity index (χ4v) is 3.67. The predicted molar refractivity (Wildman–Crippen MR) is 81.3 cm³/mol. The van der Waals surface area contributed by atoms with E-state index in [-0.39, 0.29) is 5.91 Å². The van der Waals surface area contributed by atoms with Crippen LogP contribution in [-0.2, 0) is 11.2 Å². The molecule has 0 spiro atoms. The van der Waals surface area contributed by atoms with Crippen LogP contribution in [0.5, 0.6) is 0 Å². The van der Waals surface area contributed by atoms with Crippen molar-refractivity contribution in [2.45, 2.75) is 26.7 Å². The molecule has 0 radical (unpaired) electrons. The predicted octanol–water partition coefficient (Wildman–Crippen LogP) is 2.21. The van der Waals surface area contributed by atoms with E-state index in [0.717, 1.165) is 47.2 Å². The molecule has 1 fully saturated rings. The van der Waals surface area contributed by atoms with Crippen LogP contribution in [0.4, 0.5) is 0 Å². The van der Waals surface area contributed by atoms with Gasteiger partial charge in [-0.2, -0.15) is 0 Å². The first-order chi connectivity index (χ1) is 9.10. The van der Waals surface area contributed by atoms with Crippen LogP contribution in [0, 0.1) is 10.9 Å². The number of carbonyl (C=O) groups is 1. The lowest BCUT2D eigenvalue weighted by molar-refractivity contribution is -0.132. The normalized spacial score (nSPS) is 16.8. The molecule has 2 heterocycles. The standard InChI is InChI=1S/C13H21N3OS2/c1-3-4-15-5-7-16(8-6-15)12(17)9-11-10(2)14-13(18)19-11/h3-9H2,1-2H3,(H,14,18). The zero-order valence-corrected chi connectivity index (χ0v) is 13.2. The number of aromatic nitrogens is 1. The second-order valence-electron chi connectivity index (χ2n) is 4.96. The molecule has 1 N–H and O–H groups in total. The number of aromatic amines is 1. The van der Waals surface area contributed by atoms with Crippen LogP contribution in [0.3, 0.4) is 0 Å². The number of hydrogen-bond acceptors (Lipinski definition) is 4. The van der Waals surface area contributed by atoms with E-state index in [0.29, 0.717) is 6.42 Å². The van der Waals surface area contributed by atoms with E-state index in [9.17, 15) is 4.79 Å². The number of piperazine rings is 1. The zero-order valence-electron chi connectivity index (χ0n) is 11.6. The van der Waals surface area contributed by atoms with Crippen molar-refractivity contribution < 1.29 is 4.79 Å². The molecule has 0 saturated carbocycles. The lowest BCUT2D eigenvalue weighted by Gasteiger charge is -2.34. The molecule has 1 aliphatic rings. The van der Waals surface area contributed by atoms with Crippen LogP contribution in [0.15, 0.2) is 0 Å². The summed E-state index contributed by atoms with van der Waals surface area (Å²) in [7, 11) is 0. The van der Waals surface area contributed by atoms with Gasteiger partial charge in [-0.1, -0.05) is 6.92 Å². The van der Waals surface area contributed by atoms with Crippen LogP contribution in [0.2, 0.25) is 0 Å². The Bertz CT molecular complexity index is 486. The van der Waals surface area contributed by atoms with Gasteiger partial charge in [0.1, 0.15) is 0 Å². The van der Waals surface area contributed by atoms with Crippen LogP contribution >= 0.6 is 23.6 Å². The first kappa shape index (κ1) is 14.7. The summed E-state index contributed by atoms with van der Waals surface area (Å²) >= 11 is 6.62. The van der Waals surface area contributed by atoms with Gasteiger partial charge in [0.05, 0.1) is 6.42 Å². The molecule has 0 aliphatic carbocycles. The third kappa shape index (κ3) is 3.87. The van der Waals surface area contributed by atoms with Gasteiger partial charge in [0.25, 0.3) is 0 Å². The summed E-state index contributed by atoms with van der Waals surface area (Å²) in [5.41, 5.74) is 1.04. The van der Waals surface area contributed by atoms with Gasteiger partial charge in [-0.15, -0.1) is 11.3 Å². The topological polar surface area (TPSA) is 39.3 Å². The van der Waals surface area contributed by atoms with Gasteiger partial charge in [0.2, 0.25) is 5.91 Å². The lowest BCUT2D eigenvalue weighted by Crippen LogP contribution is -2.49. The van der Waals surface area contributed by atoms with Gasteiger partial charge in [0, 0.05) is 36.8 Å². The summed E-state index contributed by atoms with van der Waals surface area (Å²) in [6, 6.07) is 0. The number of H-pyrrole nitrogens is 1. The molecular weight excluding hydrogens is 278 g/mol. The average molecular weight is 299 g/mol. The third-order valence-corrected chi connectivity index (χ3v) is 4.84. The largest absolute Gasteiger partial charge is 0.341 e. The number of nitrogens with zero attached hydrogens (tertiary/aromatic N) is 2. The highest BCUT2D eigenvalue weighted by atomic mass is 32.1. The van der Waals surface area contributed by atoms with Gasteiger partial charge >= 0.3 is 0 Å². The fourth-order valence-electron chi connectivity index (χ4n) is 2.39. The first-order valence-corrected chi connectivity index (χ1v) is 8.01. The van der Waals surface area contributed by atoms with Crippen molar-refractivity contribution in [3.63, 3.8) is 0 Å². The number of hydrogen-bond donors (Lipinski definition) is 1. The summed E-state index contributed by atoms with van der Waals surface area (Å²) in [5, 5.41) is 0. The summed E-state index contributed by atoms with van der Waals surface area (Å²) in [6.45, 7) is 9.03. The highest BCUT2D eigenvalue weighted by Crippen LogP contribution is 2.16. The molecule has 1 aromatic heterocycles. The van der Waals surface area contributed by atoms with Gasteiger partial charge in [-0.3, -0.25) is 9.69 Å². The van der Waals surface area contributed by atoms with Crippen molar-refractivity contribution in [1.29, 1.82) is 0 Å². The minimum Gasteiger partial charge on any atom is -0.341 e. The number of nitrogens with one attached hydrogen (secondary N) is 1. The molecule has 2 rings (SSSR count). The molecule has 0 unspecified atom stereocenters. The van der Waals surface area contributed by atoms with Crippen LogP contribution < -0.4 is 0 Å². The van der Waals surface area contributed by atoms with Crippen molar-refractivity contribution in [3.05, 3.63) is 14.5 Å². The molecule has 4 nitrogen and oxygen atoms in total. The lowest BCUT2D eigenvalue weighted by atomic mass is 10.2. The molecule has 106 valence electrons. The number of carbonyl (C=O) groups excluding carboxylic acids is 1. The molecule has 1 saturated heterocycles. The van der Waals surface area contributed by atoms with Gasteiger partial charge < -0.3 is 9.88 Å². The fraction of sp³-hybridized carbons (Fsp3) is 0.692. The summed E-state index contributed by atoms with van der Waals surface area (Å²) in [6.07, 6.45) is 1.66. The second-order valence-corrected chi connectivity index (χ2v) is 6.73. The molecule has 19 heavy (non-hydrogen) atoms. The first-order valence-electron chi connectivity index (χ1n) is 6.79. The molecule has 1 amide bonds. The number of thiazole rings is 1. The second kappa shape index (κ2) is 6.63. The van der Waals surface area contributed by atoms with Crippen LogP contribution in [0.25, 0.3) is 0 Å². The maximum Gasteiger partial charge on any atom is 0.227 e. The van der Waals surface area contributed by atoms with Crippen molar-refractivity contribution in [1.82, 2.24) is 14.8 Å². The average Bonchev–Trinajstić information content (AvgIpc) is 2.69. The Kier molecular flexibility index (Phi) is 5.13. The van der Waals surface area contributed by atoms with Gasteiger partial charge in [-0.25, -0.2) is 0 Å². The van der Waals surface area contributed by atoms with E-state index in [4.69, 9.17) is 12.2 Å². The Morgan fingerprint density at radius 2 is 2.05 bits per heavy atom. The minimum absolute atomic E-state index is 0.226. The summed E-state index contributed by atoms with van der Waals surface area (Å²) < 4.78 is 0.757. The summed E-state index contributed by atoms with van der Waals surface area (Å²) in [4.78, 5) is 20.8. The van der Waals surface area contributed by atoms with Gasteiger partial charge in [0.15, 0.2) is 3.95 Å². The molecular formula is C13H21N3OS2. The Morgan fingerprint density at radius 3 is 2.58 bits per heavy atom. The van der Waals surface area contributed by atoms with E-state index in [1.165, 1.54) is 17.8 Å². The highest BCUT2D eigenvalue weighted by Gasteiger charge is 2.21.